The van der Waals surface area contributed by atoms with Gasteiger partial charge in [-0.15, -0.1) is 0 Å². The van der Waals surface area contributed by atoms with Crippen LogP contribution in [0, 0.1) is 0 Å². The Bertz CT molecular complexity index is 685. The fraction of sp³-hybridized carbons (Fsp3) is 0.167. The van der Waals surface area contributed by atoms with Gasteiger partial charge in [-0.05, 0) is 17.7 Å². The van der Waals surface area contributed by atoms with Gasteiger partial charge >= 0.3 is 5.97 Å². The monoisotopic (exact) mass is 327 g/mol. The molecule has 124 valence electrons. The predicted octanol–water partition coefficient (Wildman–Crippen LogP) is 1.49. The average Bonchev–Trinajstić information content (AvgIpc) is 2.60. The van der Waals surface area contributed by atoms with Crippen molar-refractivity contribution in [3.05, 3.63) is 66.2 Å². The molecule has 24 heavy (non-hydrogen) atoms. The number of carbonyl (C=O) groups is 3. The van der Waals surface area contributed by atoms with Gasteiger partial charge in [0, 0.05) is 0 Å². The third kappa shape index (κ3) is 6.31. The predicted molar refractivity (Wildman–Crippen MR) is 86.2 cm³/mol. The van der Waals surface area contributed by atoms with Crippen LogP contribution in [0.1, 0.15) is 5.56 Å². The van der Waals surface area contributed by atoms with Gasteiger partial charge < -0.3 is 9.47 Å². The lowest BCUT2D eigenvalue weighted by atomic mass is 10.1. The molecule has 0 aliphatic heterocycles. The first-order valence-corrected chi connectivity index (χ1v) is 7.33. The minimum atomic E-state index is -0.690. The maximum absolute atomic E-state index is 11.7. The van der Waals surface area contributed by atoms with Crippen molar-refractivity contribution in [2.75, 3.05) is 13.2 Å². The number of benzene rings is 2. The van der Waals surface area contributed by atoms with Crippen molar-refractivity contribution in [2.45, 2.75) is 6.42 Å². The second-order valence-electron chi connectivity index (χ2n) is 4.90. The van der Waals surface area contributed by atoms with Gasteiger partial charge in [-0.1, -0.05) is 48.5 Å². The van der Waals surface area contributed by atoms with Crippen molar-refractivity contribution >= 4 is 17.8 Å². The van der Waals surface area contributed by atoms with Gasteiger partial charge in [0.1, 0.15) is 5.75 Å². The molecule has 0 saturated heterocycles. The standard InChI is InChI=1S/C18H17NO5/c20-16(11-14-7-3-1-4-8-14)19-17(21)12-24-18(22)13-23-15-9-5-2-6-10-15/h1-10H,11-13H2,(H,19,20,21). The zero-order valence-corrected chi connectivity index (χ0v) is 12.9. The molecule has 2 aromatic carbocycles. The molecule has 2 rings (SSSR count). The SMILES string of the molecule is O=C(COC(=O)COc1ccccc1)NC(=O)Cc1ccccc1. The minimum Gasteiger partial charge on any atom is -0.482 e. The third-order valence-corrected chi connectivity index (χ3v) is 2.95. The van der Waals surface area contributed by atoms with Crippen molar-refractivity contribution in [2.24, 2.45) is 0 Å². The number of imide groups is 1. The quantitative estimate of drug-likeness (QED) is 0.779. The molecular weight excluding hydrogens is 310 g/mol. The van der Waals surface area contributed by atoms with E-state index in [9.17, 15) is 14.4 Å². The topological polar surface area (TPSA) is 81.7 Å². The molecule has 0 radical (unpaired) electrons. The second-order valence-corrected chi connectivity index (χ2v) is 4.90. The first-order chi connectivity index (χ1) is 11.6. The fourth-order valence-electron chi connectivity index (χ4n) is 1.86. The summed E-state index contributed by atoms with van der Waals surface area (Å²) in [6, 6.07) is 17.8. The molecular formula is C18H17NO5. The van der Waals surface area contributed by atoms with E-state index in [2.05, 4.69) is 5.32 Å². The van der Waals surface area contributed by atoms with Crippen LogP contribution in [0.25, 0.3) is 0 Å². The maximum Gasteiger partial charge on any atom is 0.344 e. The molecule has 2 amide bonds. The summed E-state index contributed by atoms with van der Waals surface area (Å²) in [5.74, 6) is -1.30. The van der Waals surface area contributed by atoms with Crippen LogP contribution in [0.5, 0.6) is 5.75 Å². The molecule has 0 heterocycles. The molecule has 0 bridgehead atoms. The second kappa shape index (κ2) is 9.09. The molecule has 0 aromatic heterocycles. The summed E-state index contributed by atoms with van der Waals surface area (Å²) < 4.78 is 9.94. The molecule has 6 heteroatoms. The van der Waals surface area contributed by atoms with Crippen molar-refractivity contribution in [1.82, 2.24) is 5.32 Å². The molecule has 0 unspecified atom stereocenters. The maximum atomic E-state index is 11.7. The van der Waals surface area contributed by atoms with E-state index in [1.54, 1.807) is 48.5 Å². The van der Waals surface area contributed by atoms with Crippen molar-refractivity contribution in [1.29, 1.82) is 0 Å². The highest BCUT2D eigenvalue weighted by molar-refractivity contribution is 5.97. The first kappa shape index (κ1) is 17.2. The Labute approximate surface area is 139 Å². The molecule has 1 N–H and O–H groups in total. The normalized spacial score (nSPS) is 9.83. The first-order valence-electron chi connectivity index (χ1n) is 7.33. The number of amides is 2. The highest BCUT2D eigenvalue weighted by Gasteiger charge is 2.12. The van der Waals surface area contributed by atoms with Crippen LogP contribution in [0.3, 0.4) is 0 Å². The summed E-state index contributed by atoms with van der Waals surface area (Å²) in [6.45, 7) is -0.841. The van der Waals surface area contributed by atoms with E-state index >= 15 is 0 Å². The van der Waals surface area contributed by atoms with Crippen LogP contribution >= 0.6 is 0 Å². The number of hydrogen-bond acceptors (Lipinski definition) is 5. The van der Waals surface area contributed by atoms with Crippen molar-refractivity contribution in [3.63, 3.8) is 0 Å². The van der Waals surface area contributed by atoms with Gasteiger partial charge in [-0.3, -0.25) is 14.9 Å². The third-order valence-electron chi connectivity index (χ3n) is 2.95. The van der Waals surface area contributed by atoms with Gasteiger partial charge in [0.2, 0.25) is 5.91 Å². The van der Waals surface area contributed by atoms with Gasteiger partial charge in [0.15, 0.2) is 13.2 Å². The van der Waals surface area contributed by atoms with Crippen LogP contribution in [0.15, 0.2) is 60.7 Å². The van der Waals surface area contributed by atoms with Gasteiger partial charge in [-0.2, -0.15) is 0 Å². The van der Waals surface area contributed by atoms with E-state index in [0.717, 1.165) is 5.56 Å². The van der Waals surface area contributed by atoms with Crippen LogP contribution in [0.2, 0.25) is 0 Å². The Morgan fingerprint density at radius 2 is 1.42 bits per heavy atom. The Kier molecular flexibility index (Phi) is 6.52. The number of rotatable bonds is 7. The highest BCUT2D eigenvalue weighted by atomic mass is 16.6. The summed E-state index contributed by atoms with van der Waals surface area (Å²) in [7, 11) is 0. The number of para-hydroxylation sites is 1. The molecule has 0 aliphatic rings. The summed E-state index contributed by atoms with van der Waals surface area (Å²) >= 11 is 0. The minimum absolute atomic E-state index is 0.0810. The van der Waals surface area contributed by atoms with Gasteiger partial charge in [0.05, 0.1) is 6.42 Å². The van der Waals surface area contributed by atoms with E-state index < -0.39 is 24.4 Å². The lowest BCUT2D eigenvalue weighted by Gasteiger charge is -2.07. The summed E-state index contributed by atoms with van der Waals surface area (Å²) in [5.41, 5.74) is 0.788. The van der Waals surface area contributed by atoms with E-state index in [4.69, 9.17) is 9.47 Å². The highest BCUT2D eigenvalue weighted by Crippen LogP contribution is 2.07. The zero-order chi connectivity index (χ0) is 17.2. The summed E-state index contributed by atoms with van der Waals surface area (Å²) in [5, 5.41) is 2.16. The number of esters is 1. The van der Waals surface area contributed by atoms with Crippen LogP contribution in [-0.2, 0) is 25.5 Å². The molecule has 0 fully saturated rings. The van der Waals surface area contributed by atoms with Gasteiger partial charge in [0.25, 0.3) is 5.91 Å². The number of nitrogens with one attached hydrogen (secondary N) is 1. The average molecular weight is 327 g/mol. The summed E-state index contributed by atoms with van der Waals surface area (Å²) in [4.78, 5) is 34.7. The van der Waals surface area contributed by atoms with E-state index in [0.29, 0.717) is 5.75 Å². The fourth-order valence-corrected chi connectivity index (χ4v) is 1.86. The van der Waals surface area contributed by atoms with E-state index in [-0.39, 0.29) is 13.0 Å². The molecule has 0 saturated carbocycles. The Morgan fingerprint density at radius 3 is 2.08 bits per heavy atom. The molecule has 0 spiro atoms. The van der Waals surface area contributed by atoms with Crippen LogP contribution < -0.4 is 10.1 Å². The van der Waals surface area contributed by atoms with Crippen molar-refractivity contribution < 1.29 is 23.9 Å². The number of carbonyl (C=O) groups excluding carboxylic acids is 3. The zero-order valence-electron chi connectivity index (χ0n) is 12.9. The van der Waals surface area contributed by atoms with E-state index in [1.807, 2.05) is 12.1 Å². The Balaban J connectivity index is 1.65. The van der Waals surface area contributed by atoms with E-state index in [1.165, 1.54) is 0 Å². The largest absolute Gasteiger partial charge is 0.482 e. The Hall–Kier alpha value is -3.15. The lowest BCUT2D eigenvalue weighted by molar-refractivity contribution is -0.151. The molecule has 0 atom stereocenters. The van der Waals surface area contributed by atoms with Crippen LogP contribution in [-0.4, -0.2) is 31.0 Å². The molecule has 6 nitrogen and oxygen atoms in total. The molecule has 2 aromatic rings. The van der Waals surface area contributed by atoms with Crippen molar-refractivity contribution in [3.8, 4) is 5.75 Å². The lowest BCUT2D eigenvalue weighted by Crippen LogP contribution is -2.35. The number of ether oxygens (including phenoxy) is 2. The Morgan fingerprint density at radius 1 is 0.792 bits per heavy atom. The smallest absolute Gasteiger partial charge is 0.344 e. The van der Waals surface area contributed by atoms with Gasteiger partial charge in [-0.25, -0.2) is 4.79 Å². The van der Waals surface area contributed by atoms with Crippen LogP contribution in [0.4, 0.5) is 0 Å². The molecule has 0 aliphatic carbocycles. The summed E-state index contributed by atoms with van der Waals surface area (Å²) in [6.07, 6.45) is 0.0810. The number of hydrogen-bond donors (Lipinski definition) is 1.